The lowest BCUT2D eigenvalue weighted by atomic mass is 10.1. The van der Waals surface area contributed by atoms with Crippen LogP contribution < -0.4 is 15.6 Å². The lowest BCUT2D eigenvalue weighted by Crippen LogP contribution is -2.37. The highest BCUT2D eigenvalue weighted by atomic mass is 19.1. The fraction of sp³-hybridized carbons (Fsp3) is 0.357. The van der Waals surface area contributed by atoms with Crippen LogP contribution in [0.25, 0.3) is 0 Å². The quantitative estimate of drug-likeness (QED) is 0.347. The largest absolute Gasteiger partial charge is 0.378 e. The molecule has 1 aliphatic rings. The van der Waals surface area contributed by atoms with E-state index in [1.807, 2.05) is 12.1 Å². The molecule has 1 saturated heterocycles. The maximum Gasteiger partial charge on any atom is 0.245 e. The summed E-state index contributed by atoms with van der Waals surface area (Å²) < 4.78 is 17.8. The van der Waals surface area contributed by atoms with Gasteiger partial charge in [0.1, 0.15) is 11.6 Å². The van der Waals surface area contributed by atoms with Crippen LogP contribution in [0.5, 0.6) is 0 Å². The number of morpholine rings is 1. The summed E-state index contributed by atoms with van der Waals surface area (Å²) in [4.78, 5) is 22.2. The van der Waals surface area contributed by atoms with Crippen LogP contribution in [0.3, 0.4) is 0 Å². The number of ether oxygens (including phenoxy) is 1. The van der Waals surface area contributed by atoms with Crippen molar-refractivity contribution in [3.05, 3.63) is 76.7 Å². The van der Waals surface area contributed by atoms with Crippen molar-refractivity contribution in [2.45, 2.75) is 40.5 Å². The van der Waals surface area contributed by atoms with Crippen molar-refractivity contribution in [3.8, 4) is 0 Å². The maximum absolute atomic E-state index is 12.3. The minimum atomic E-state index is -0.306. The highest BCUT2D eigenvalue weighted by molar-refractivity contribution is 5.88. The topological polar surface area (TPSA) is 91.7 Å². The Bertz CT molecular complexity index is 1190. The van der Waals surface area contributed by atoms with Gasteiger partial charge in [0.2, 0.25) is 11.9 Å². The Morgan fingerprint density at radius 3 is 2.46 bits per heavy atom. The molecule has 1 aliphatic heterocycles. The highest BCUT2D eigenvalue weighted by Gasteiger charge is 2.19. The lowest BCUT2D eigenvalue weighted by molar-refractivity contribution is -0.114. The summed E-state index contributed by atoms with van der Waals surface area (Å²) in [6.07, 6.45) is 3.59. The smallest absolute Gasteiger partial charge is 0.245 e. The summed E-state index contributed by atoms with van der Waals surface area (Å²) in [6, 6.07) is 13.8. The Balaban J connectivity index is 0.000000289. The molecule has 0 unspecified atom stereocenters. The van der Waals surface area contributed by atoms with Crippen LogP contribution in [0.1, 0.15) is 43.2 Å². The van der Waals surface area contributed by atoms with Crippen LogP contribution >= 0.6 is 0 Å². The number of rotatable bonds is 7. The first kappa shape index (κ1) is 27.7. The predicted molar refractivity (Wildman–Crippen MR) is 147 cm³/mol. The number of carbonyl (C=O) groups excluding carboxylic acids is 1. The molecule has 0 bridgehead atoms. The van der Waals surface area contributed by atoms with Gasteiger partial charge >= 0.3 is 0 Å². The summed E-state index contributed by atoms with van der Waals surface area (Å²) >= 11 is 0. The van der Waals surface area contributed by atoms with Crippen LogP contribution in [-0.2, 0) is 22.4 Å². The van der Waals surface area contributed by atoms with Gasteiger partial charge in [0.25, 0.3) is 0 Å². The first-order valence-corrected chi connectivity index (χ1v) is 12.5. The van der Waals surface area contributed by atoms with Gasteiger partial charge in [0, 0.05) is 31.3 Å². The number of aromatic nitrogens is 2. The summed E-state index contributed by atoms with van der Waals surface area (Å²) in [5.41, 5.74) is 8.18. The van der Waals surface area contributed by atoms with Crippen LogP contribution in [0.15, 0.2) is 53.6 Å². The molecule has 2 aromatic carbocycles. The second kappa shape index (κ2) is 14.0. The van der Waals surface area contributed by atoms with E-state index in [2.05, 4.69) is 58.6 Å². The molecule has 3 aromatic rings. The van der Waals surface area contributed by atoms with E-state index in [0.717, 1.165) is 56.2 Å². The summed E-state index contributed by atoms with van der Waals surface area (Å²) in [5.74, 6) is 1.09. The molecule has 0 aliphatic carbocycles. The summed E-state index contributed by atoms with van der Waals surface area (Å²) in [6.45, 7) is 11.0. The number of hydrogen-bond donors (Lipinski definition) is 2. The van der Waals surface area contributed by atoms with Gasteiger partial charge in [-0.1, -0.05) is 43.7 Å². The zero-order valence-corrected chi connectivity index (χ0v) is 21.9. The van der Waals surface area contributed by atoms with E-state index in [1.54, 1.807) is 6.21 Å². The van der Waals surface area contributed by atoms with E-state index in [4.69, 9.17) is 9.72 Å². The Kier molecular flexibility index (Phi) is 10.5. The molecule has 8 nitrogen and oxygen atoms in total. The molecule has 0 saturated carbocycles. The fourth-order valence-corrected chi connectivity index (χ4v) is 3.91. The number of hydrazone groups is 1. The number of aryl methyl sites for hydroxylation is 2. The monoisotopic (exact) mass is 506 g/mol. The van der Waals surface area contributed by atoms with Crippen LogP contribution in [0, 0.1) is 12.7 Å². The van der Waals surface area contributed by atoms with Gasteiger partial charge in [0.15, 0.2) is 0 Å². The second-order valence-corrected chi connectivity index (χ2v) is 8.57. The van der Waals surface area contributed by atoms with Gasteiger partial charge in [-0.25, -0.2) is 14.8 Å². The van der Waals surface area contributed by atoms with Crippen LogP contribution in [0.4, 0.5) is 21.8 Å². The van der Waals surface area contributed by atoms with E-state index in [1.165, 1.54) is 42.3 Å². The fourth-order valence-electron chi connectivity index (χ4n) is 3.91. The number of nitrogens with zero attached hydrogens (tertiary/aromatic N) is 4. The summed E-state index contributed by atoms with van der Waals surface area (Å²) in [5, 5.41) is 6.85. The molecule has 9 heteroatoms. The molecule has 1 fully saturated rings. The third kappa shape index (κ3) is 8.64. The van der Waals surface area contributed by atoms with Crippen molar-refractivity contribution in [1.29, 1.82) is 0 Å². The Labute approximate surface area is 218 Å². The molecule has 196 valence electrons. The zero-order chi connectivity index (χ0) is 26.6. The molecule has 1 amide bonds. The van der Waals surface area contributed by atoms with E-state index >= 15 is 0 Å². The molecule has 1 aromatic heterocycles. The van der Waals surface area contributed by atoms with Crippen molar-refractivity contribution < 1.29 is 13.9 Å². The molecule has 0 atom stereocenters. The van der Waals surface area contributed by atoms with Crippen LogP contribution in [-0.4, -0.2) is 48.4 Å². The first-order chi connectivity index (χ1) is 17.9. The Hall–Kier alpha value is -3.85. The molecule has 0 radical (unpaired) electrons. The Morgan fingerprint density at radius 2 is 1.84 bits per heavy atom. The molecular formula is C28H35FN6O2. The number of nitrogens with one attached hydrogen (secondary N) is 2. The number of benzene rings is 2. The minimum absolute atomic E-state index is 0.156. The van der Waals surface area contributed by atoms with Crippen LogP contribution in [0.2, 0.25) is 0 Å². The van der Waals surface area contributed by atoms with E-state index in [0.29, 0.717) is 11.6 Å². The average Bonchev–Trinajstić information content (AvgIpc) is 2.90. The SMILES string of the molecule is CC(=O)Nc1ccc(F)cc1.CCc1nc(N/N=C/c2cccc(C)c2)nc(N2CCOCC2)c1CC. The third-order valence-electron chi connectivity index (χ3n) is 5.65. The van der Waals surface area contributed by atoms with Crippen molar-refractivity contribution in [2.75, 3.05) is 41.9 Å². The second-order valence-electron chi connectivity index (χ2n) is 8.57. The van der Waals surface area contributed by atoms with Crippen molar-refractivity contribution >= 4 is 29.6 Å². The number of carbonyl (C=O) groups is 1. The number of halogens is 1. The average molecular weight is 507 g/mol. The molecule has 2 heterocycles. The van der Waals surface area contributed by atoms with E-state index in [-0.39, 0.29) is 11.7 Å². The number of hydrogen-bond acceptors (Lipinski definition) is 7. The lowest BCUT2D eigenvalue weighted by Gasteiger charge is -2.30. The van der Waals surface area contributed by atoms with Crippen molar-refractivity contribution in [2.24, 2.45) is 5.10 Å². The first-order valence-electron chi connectivity index (χ1n) is 12.5. The minimum Gasteiger partial charge on any atom is -0.378 e. The van der Waals surface area contributed by atoms with Gasteiger partial charge < -0.3 is 15.0 Å². The highest BCUT2D eigenvalue weighted by Crippen LogP contribution is 2.24. The standard InChI is InChI=1S/C20H27N5O.C8H8FNO/c1-4-17-18(5-2)22-20(23-19(17)25-9-11-26-12-10-25)24-21-14-16-8-6-7-15(3)13-16;1-6(11)10-8-4-2-7(9)3-5-8/h6-8,13-14H,4-5,9-12H2,1-3H3,(H,22,23,24);2-5H,1H3,(H,10,11)/b21-14+;. The van der Waals surface area contributed by atoms with Gasteiger partial charge in [-0.3, -0.25) is 4.79 Å². The van der Waals surface area contributed by atoms with Crippen molar-refractivity contribution in [3.63, 3.8) is 0 Å². The van der Waals surface area contributed by atoms with Crippen molar-refractivity contribution in [1.82, 2.24) is 9.97 Å². The zero-order valence-electron chi connectivity index (χ0n) is 21.9. The molecule has 0 spiro atoms. The normalized spacial score (nSPS) is 13.2. The number of amides is 1. The van der Waals surface area contributed by atoms with Gasteiger partial charge in [-0.15, -0.1) is 0 Å². The third-order valence-corrected chi connectivity index (χ3v) is 5.65. The molecular weight excluding hydrogens is 471 g/mol. The van der Waals surface area contributed by atoms with Gasteiger partial charge in [-0.05, 0) is 49.6 Å². The molecule has 4 rings (SSSR count). The maximum atomic E-state index is 12.3. The van der Waals surface area contributed by atoms with E-state index < -0.39 is 0 Å². The van der Waals surface area contributed by atoms with Gasteiger partial charge in [0.05, 0.1) is 25.1 Å². The predicted octanol–water partition coefficient (Wildman–Crippen LogP) is 4.98. The number of anilines is 3. The van der Waals surface area contributed by atoms with Gasteiger partial charge in [-0.2, -0.15) is 10.1 Å². The molecule has 37 heavy (non-hydrogen) atoms. The Morgan fingerprint density at radius 1 is 1.11 bits per heavy atom. The van der Waals surface area contributed by atoms with E-state index in [9.17, 15) is 9.18 Å². The molecule has 2 N–H and O–H groups in total. The summed E-state index contributed by atoms with van der Waals surface area (Å²) in [7, 11) is 0.